The van der Waals surface area contributed by atoms with Gasteiger partial charge in [0.1, 0.15) is 6.04 Å². The van der Waals surface area contributed by atoms with E-state index in [-0.39, 0.29) is 23.5 Å². The Balaban J connectivity index is 2.04. The number of unbranched alkanes of at least 4 members (excludes halogenated alkanes) is 3. The molecule has 3 heteroatoms. The van der Waals surface area contributed by atoms with Crippen LogP contribution in [-0.2, 0) is 4.79 Å². The molecule has 0 aliphatic carbocycles. The SMILES string of the molecule is CCCCCCN1C(C)=C(C(C)=O)C(c2ccccc2)C1C(=O)c1ccccc1. The van der Waals surface area contributed by atoms with Gasteiger partial charge in [-0.15, -0.1) is 0 Å². The lowest BCUT2D eigenvalue weighted by Crippen LogP contribution is -2.40. The zero-order chi connectivity index (χ0) is 20.8. The Morgan fingerprint density at radius 2 is 1.52 bits per heavy atom. The van der Waals surface area contributed by atoms with E-state index >= 15 is 0 Å². The fraction of sp³-hybridized carbons (Fsp3) is 0.385. The molecule has 2 aromatic rings. The third-order valence-electron chi connectivity index (χ3n) is 5.90. The van der Waals surface area contributed by atoms with Crippen LogP contribution in [0.25, 0.3) is 0 Å². The molecule has 2 atom stereocenters. The summed E-state index contributed by atoms with van der Waals surface area (Å²) in [5, 5.41) is 0. The van der Waals surface area contributed by atoms with Gasteiger partial charge >= 0.3 is 0 Å². The van der Waals surface area contributed by atoms with Gasteiger partial charge in [-0.3, -0.25) is 9.59 Å². The van der Waals surface area contributed by atoms with Gasteiger partial charge in [-0.2, -0.15) is 0 Å². The average Bonchev–Trinajstić information content (AvgIpc) is 3.04. The molecule has 0 amide bonds. The number of rotatable bonds is 9. The highest BCUT2D eigenvalue weighted by Crippen LogP contribution is 2.43. The minimum Gasteiger partial charge on any atom is -0.363 e. The van der Waals surface area contributed by atoms with Gasteiger partial charge in [0.15, 0.2) is 11.6 Å². The molecule has 29 heavy (non-hydrogen) atoms. The number of benzene rings is 2. The Kier molecular flexibility index (Phi) is 7.03. The molecule has 0 radical (unpaired) electrons. The van der Waals surface area contributed by atoms with Crippen molar-refractivity contribution in [3.05, 3.63) is 83.1 Å². The van der Waals surface area contributed by atoms with Crippen molar-refractivity contribution in [1.82, 2.24) is 4.90 Å². The summed E-state index contributed by atoms with van der Waals surface area (Å²) in [7, 11) is 0. The third kappa shape index (κ3) is 4.50. The van der Waals surface area contributed by atoms with E-state index in [0.717, 1.165) is 36.2 Å². The van der Waals surface area contributed by atoms with Crippen LogP contribution in [0.4, 0.5) is 0 Å². The maximum Gasteiger partial charge on any atom is 0.186 e. The van der Waals surface area contributed by atoms with Gasteiger partial charge in [0.2, 0.25) is 0 Å². The van der Waals surface area contributed by atoms with Gasteiger partial charge in [0, 0.05) is 29.3 Å². The number of hydrogen-bond donors (Lipinski definition) is 0. The maximum absolute atomic E-state index is 13.7. The van der Waals surface area contributed by atoms with Crippen LogP contribution in [0.15, 0.2) is 71.9 Å². The number of hydrogen-bond acceptors (Lipinski definition) is 3. The van der Waals surface area contributed by atoms with E-state index < -0.39 is 0 Å². The first-order chi connectivity index (χ1) is 14.1. The number of allylic oxidation sites excluding steroid dienone is 1. The summed E-state index contributed by atoms with van der Waals surface area (Å²) < 4.78 is 0. The van der Waals surface area contributed by atoms with E-state index in [2.05, 4.69) is 11.8 Å². The van der Waals surface area contributed by atoms with Crippen molar-refractivity contribution in [2.75, 3.05) is 6.54 Å². The van der Waals surface area contributed by atoms with E-state index in [9.17, 15) is 9.59 Å². The third-order valence-corrected chi connectivity index (χ3v) is 5.90. The van der Waals surface area contributed by atoms with Crippen molar-refractivity contribution in [2.24, 2.45) is 0 Å². The van der Waals surface area contributed by atoms with E-state index in [1.54, 1.807) is 6.92 Å². The Bertz CT molecular complexity index is 870. The molecule has 0 N–H and O–H groups in total. The number of carbonyl (C=O) groups excluding carboxylic acids is 2. The monoisotopic (exact) mass is 389 g/mol. The predicted molar refractivity (Wildman–Crippen MR) is 118 cm³/mol. The molecule has 0 spiro atoms. The van der Waals surface area contributed by atoms with Crippen molar-refractivity contribution in [3.63, 3.8) is 0 Å². The molecule has 3 nitrogen and oxygen atoms in total. The van der Waals surface area contributed by atoms with Crippen molar-refractivity contribution >= 4 is 11.6 Å². The first-order valence-electron chi connectivity index (χ1n) is 10.7. The molecule has 0 fully saturated rings. The normalized spacial score (nSPS) is 18.9. The van der Waals surface area contributed by atoms with E-state index in [4.69, 9.17) is 0 Å². The molecular formula is C26H31NO2. The van der Waals surface area contributed by atoms with Crippen LogP contribution in [0.3, 0.4) is 0 Å². The van der Waals surface area contributed by atoms with Crippen LogP contribution in [0.2, 0.25) is 0 Å². The summed E-state index contributed by atoms with van der Waals surface area (Å²) in [5.41, 5.74) is 3.47. The van der Waals surface area contributed by atoms with E-state index in [0.29, 0.717) is 5.56 Å². The predicted octanol–water partition coefficient (Wildman–Crippen LogP) is 5.78. The van der Waals surface area contributed by atoms with Crippen molar-refractivity contribution in [2.45, 2.75) is 58.4 Å². The number of nitrogens with zero attached hydrogens (tertiary/aromatic N) is 1. The van der Waals surface area contributed by atoms with Crippen LogP contribution in [0.1, 0.15) is 68.3 Å². The molecule has 1 heterocycles. The molecule has 0 bridgehead atoms. The Morgan fingerprint density at radius 3 is 2.10 bits per heavy atom. The van der Waals surface area contributed by atoms with Gasteiger partial charge in [-0.05, 0) is 25.8 Å². The Labute approximate surface area is 174 Å². The van der Waals surface area contributed by atoms with Crippen LogP contribution < -0.4 is 0 Å². The average molecular weight is 390 g/mol. The van der Waals surface area contributed by atoms with Crippen LogP contribution >= 0.6 is 0 Å². The highest BCUT2D eigenvalue weighted by molar-refractivity contribution is 6.05. The molecule has 152 valence electrons. The quantitative estimate of drug-likeness (QED) is 0.403. The van der Waals surface area contributed by atoms with Gasteiger partial charge in [-0.1, -0.05) is 86.8 Å². The summed E-state index contributed by atoms with van der Waals surface area (Å²) in [5.74, 6) is -0.0867. The first kappa shape index (κ1) is 21.0. The molecule has 1 aliphatic rings. The topological polar surface area (TPSA) is 37.4 Å². The van der Waals surface area contributed by atoms with Crippen LogP contribution in [0.5, 0.6) is 0 Å². The zero-order valence-corrected chi connectivity index (χ0v) is 17.7. The standard InChI is InChI=1S/C26H31NO2/c1-4-5-6-13-18-27-19(2)23(20(3)28)24(21-14-9-7-10-15-21)25(27)26(29)22-16-11-8-12-17-22/h7-12,14-17,24-25H,4-6,13,18H2,1-3H3. The summed E-state index contributed by atoms with van der Waals surface area (Å²) in [4.78, 5) is 28.5. The fourth-order valence-corrected chi connectivity index (χ4v) is 4.49. The first-order valence-corrected chi connectivity index (χ1v) is 10.7. The Morgan fingerprint density at radius 1 is 0.897 bits per heavy atom. The molecule has 0 saturated carbocycles. The second-order valence-corrected chi connectivity index (χ2v) is 7.87. The lowest BCUT2D eigenvalue weighted by atomic mass is 9.82. The molecule has 3 rings (SSSR count). The molecule has 2 aromatic carbocycles. The number of carbonyl (C=O) groups is 2. The lowest BCUT2D eigenvalue weighted by Gasteiger charge is -2.31. The maximum atomic E-state index is 13.7. The second kappa shape index (κ2) is 9.69. The highest BCUT2D eigenvalue weighted by atomic mass is 16.1. The number of ketones is 2. The second-order valence-electron chi connectivity index (χ2n) is 7.87. The molecule has 0 aromatic heterocycles. The van der Waals surface area contributed by atoms with Crippen molar-refractivity contribution in [1.29, 1.82) is 0 Å². The fourth-order valence-electron chi connectivity index (χ4n) is 4.49. The molecule has 2 unspecified atom stereocenters. The zero-order valence-electron chi connectivity index (χ0n) is 17.7. The smallest absolute Gasteiger partial charge is 0.186 e. The molecule has 0 saturated heterocycles. The summed E-state index contributed by atoms with van der Waals surface area (Å²) in [6, 6.07) is 19.1. The van der Waals surface area contributed by atoms with Gasteiger partial charge in [0.25, 0.3) is 0 Å². The summed E-state index contributed by atoms with van der Waals surface area (Å²) in [6.07, 6.45) is 4.52. The molecule has 1 aliphatic heterocycles. The summed E-state index contributed by atoms with van der Waals surface area (Å²) in [6.45, 7) is 6.63. The van der Waals surface area contributed by atoms with Crippen molar-refractivity contribution < 1.29 is 9.59 Å². The summed E-state index contributed by atoms with van der Waals surface area (Å²) >= 11 is 0. The molecular weight excluding hydrogens is 358 g/mol. The van der Waals surface area contributed by atoms with Gasteiger partial charge in [0.05, 0.1) is 0 Å². The Hall–Kier alpha value is -2.68. The minimum atomic E-state index is -0.375. The van der Waals surface area contributed by atoms with E-state index in [1.807, 2.05) is 67.6 Å². The minimum absolute atomic E-state index is 0.0540. The number of Topliss-reactive ketones (excluding diaryl/α,β-unsaturated/α-hetero) is 2. The van der Waals surface area contributed by atoms with Crippen molar-refractivity contribution in [3.8, 4) is 0 Å². The van der Waals surface area contributed by atoms with E-state index in [1.165, 1.54) is 12.8 Å². The lowest BCUT2D eigenvalue weighted by molar-refractivity contribution is -0.113. The van der Waals surface area contributed by atoms with Crippen LogP contribution in [-0.4, -0.2) is 29.1 Å². The largest absolute Gasteiger partial charge is 0.363 e. The van der Waals surface area contributed by atoms with Gasteiger partial charge in [-0.25, -0.2) is 0 Å². The highest BCUT2D eigenvalue weighted by Gasteiger charge is 2.45. The van der Waals surface area contributed by atoms with Crippen LogP contribution in [0, 0.1) is 0 Å². The van der Waals surface area contributed by atoms with Gasteiger partial charge < -0.3 is 4.90 Å².